The highest BCUT2D eigenvalue weighted by molar-refractivity contribution is 7.12. The predicted molar refractivity (Wildman–Crippen MR) is 105 cm³/mol. The number of methoxy groups -OCH3 is 1. The normalized spacial score (nSPS) is 14.1. The van der Waals surface area contributed by atoms with Crippen molar-refractivity contribution in [1.82, 2.24) is 10.3 Å². The largest absolute Gasteiger partial charge is 0.493 e. The van der Waals surface area contributed by atoms with Crippen LogP contribution in [0.15, 0.2) is 40.8 Å². The van der Waals surface area contributed by atoms with Gasteiger partial charge >= 0.3 is 0 Å². The van der Waals surface area contributed by atoms with Crippen LogP contribution >= 0.6 is 11.3 Å². The van der Waals surface area contributed by atoms with Gasteiger partial charge in [0.2, 0.25) is 0 Å². The van der Waals surface area contributed by atoms with Gasteiger partial charge in [0.15, 0.2) is 18.1 Å². The highest BCUT2D eigenvalue weighted by Gasteiger charge is 2.18. The molecule has 0 spiro atoms. The third-order valence-corrected chi connectivity index (χ3v) is 4.90. The molecule has 3 rings (SSSR count). The number of carbonyl (C=O) groups is 2. The number of benzene rings is 1. The van der Waals surface area contributed by atoms with Gasteiger partial charge in [-0.05, 0) is 35.2 Å². The molecular weight excluding hydrogens is 382 g/mol. The molecule has 1 N–H and O–H groups in total. The lowest BCUT2D eigenvalue weighted by Crippen LogP contribution is -2.43. The summed E-state index contributed by atoms with van der Waals surface area (Å²) in [5.74, 6) is 0.583. The number of hydrazone groups is 1. The minimum absolute atomic E-state index is 0.0688. The molecule has 0 aliphatic carbocycles. The van der Waals surface area contributed by atoms with Crippen molar-refractivity contribution in [3.63, 3.8) is 0 Å². The fourth-order valence-corrected chi connectivity index (χ4v) is 3.17. The van der Waals surface area contributed by atoms with Crippen molar-refractivity contribution in [2.75, 3.05) is 40.0 Å². The third kappa shape index (κ3) is 5.30. The summed E-state index contributed by atoms with van der Waals surface area (Å²) in [5, 5.41) is 5.78. The molecule has 8 nitrogen and oxygen atoms in total. The van der Waals surface area contributed by atoms with Crippen LogP contribution < -0.4 is 14.9 Å². The highest BCUT2D eigenvalue weighted by Crippen LogP contribution is 2.27. The molecule has 148 valence electrons. The smallest absolute Gasteiger partial charge is 0.281 e. The highest BCUT2D eigenvalue weighted by atomic mass is 32.1. The minimum atomic E-state index is -0.264. The monoisotopic (exact) mass is 403 g/mol. The van der Waals surface area contributed by atoms with Crippen LogP contribution in [-0.2, 0) is 9.53 Å². The summed E-state index contributed by atoms with van der Waals surface area (Å²) in [5.41, 5.74) is 3.19. The lowest BCUT2D eigenvalue weighted by atomic mass is 10.2. The molecule has 1 aliphatic heterocycles. The molecule has 1 aromatic carbocycles. The van der Waals surface area contributed by atoms with Crippen LogP contribution in [0.25, 0.3) is 0 Å². The maximum atomic E-state index is 12.2. The second-order valence-corrected chi connectivity index (χ2v) is 6.82. The van der Waals surface area contributed by atoms with E-state index in [-0.39, 0.29) is 18.4 Å². The summed E-state index contributed by atoms with van der Waals surface area (Å²) in [4.78, 5) is 26.3. The van der Waals surface area contributed by atoms with Crippen molar-refractivity contribution >= 4 is 29.4 Å². The quantitative estimate of drug-likeness (QED) is 0.562. The fourth-order valence-electron chi connectivity index (χ4n) is 2.56. The molecule has 1 saturated heterocycles. The van der Waals surface area contributed by atoms with Gasteiger partial charge in [0.05, 0.1) is 31.4 Å². The maximum Gasteiger partial charge on any atom is 0.281 e. The lowest BCUT2D eigenvalue weighted by Gasteiger charge is -2.26. The van der Waals surface area contributed by atoms with Crippen molar-refractivity contribution in [3.8, 4) is 11.5 Å². The number of rotatable bonds is 7. The Morgan fingerprint density at radius 1 is 1.29 bits per heavy atom. The second kappa shape index (κ2) is 9.86. The Morgan fingerprint density at radius 2 is 2.11 bits per heavy atom. The molecule has 1 aliphatic rings. The standard InChI is InChI=1S/C19H21N3O5S/c1-25-16-11-14(12-20-21-19(24)17-3-2-10-28-17)4-5-15(16)27-13-18(23)22-6-8-26-9-7-22/h2-5,10-12H,6-9,13H2,1H3,(H,21,24)/b20-12+. The Hall–Kier alpha value is -2.91. The number of hydrogen-bond acceptors (Lipinski definition) is 7. The number of nitrogens with zero attached hydrogens (tertiary/aromatic N) is 2. The van der Waals surface area contributed by atoms with Crippen molar-refractivity contribution in [2.24, 2.45) is 5.10 Å². The van der Waals surface area contributed by atoms with E-state index in [4.69, 9.17) is 14.2 Å². The van der Waals surface area contributed by atoms with Gasteiger partial charge in [-0.25, -0.2) is 5.43 Å². The Balaban J connectivity index is 1.56. The molecule has 0 atom stereocenters. The Bertz CT molecular complexity index is 832. The molecule has 0 unspecified atom stereocenters. The van der Waals surface area contributed by atoms with Crippen molar-refractivity contribution < 1.29 is 23.8 Å². The van der Waals surface area contributed by atoms with Crippen LogP contribution in [0.5, 0.6) is 11.5 Å². The number of nitrogens with one attached hydrogen (secondary N) is 1. The molecule has 0 saturated carbocycles. The first-order valence-corrected chi connectivity index (χ1v) is 9.58. The fraction of sp³-hybridized carbons (Fsp3) is 0.316. The Morgan fingerprint density at radius 3 is 2.82 bits per heavy atom. The van der Waals surface area contributed by atoms with E-state index in [9.17, 15) is 9.59 Å². The van der Waals surface area contributed by atoms with Crippen LogP contribution in [0.4, 0.5) is 0 Å². The van der Waals surface area contributed by atoms with E-state index in [1.807, 2.05) is 5.38 Å². The number of hydrogen-bond donors (Lipinski definition) is 1. The number of thiophene rings is 1. The lowest BCUT2D eigenvalue weighted by molar-refractivity contribution is -0.137. The summed E-state index contributed by atoms with van der Waals surface area (Å²) >= 11 is 1.34. The zero-order valence-corrected chi connectivity index (χ0v) is 16.2. The van der Waals surface area contributed by atoms with E-state index in [1.165, 1.54) is 24.7 Å². The van der Waals surface area contributed by atoms with Gasteiger partial charge in [-0.15, -0.1) is 11.3 Å². The van der Waals surface area contributed by atoms with Gasteiger partial charge < -0.3 is 19.1 Å². The molecule has 2 aromatic rings. The maximum absolute atomic E-state index is 12.2. The van der Waals surface area contributed by atoms with Gasteiger partial charge in [0, 0.05) is 13.1 Å². The third-order valence-electron chi connectivity index (χ3n) is 4.03. The summed E-state index contributed by atoms with van der Waals surface area (Å²) < 4.78 is 16.2. The van der Waals surface area contributed by atoms with Gasteiger partial charge in [-0.3, -0.25) is 9.59 Å². The number of carbonyl (C=O) groups excluding carboxylic acids is 2. The molecular formula is C19H21N3O5S. The zero-order chi connectivity index (χ0) is 19.8. The van der Waals surface area contributed by atoms with Crippen molar-refractivity contribution in [2.45, 2.75) is 0 Å². The molecule has 0 radical (unpaired) electrons. The molecule has 1 aromatic heterocycles. The van der Waals surface area contributed by atoms with Gasteiger partial charge in [0.1, 0.15) is 0 Å². The molecule has 1 fully saturated rings. The van der Waals surface area contributed by atoms with Crippen LogP contribution in [0, 0.1) is 0 Å². The van der Waals surface area contributed by atoms with Crippen LogP contribution in [0.1, 0.15) is 15.2 Å². The molecule has 2 heterocycles. The van der Waals surface area contributed by atoms with E-state index >= 15 is 0 Å². The van der Waals surface area contributed by atoms with Gasteiger partial charge in [0.25, 0.3) is 11.8 Å². The first-order valence-electron chi connectivity index (χ1n) is 8.70. The number of amides is 2. The SMILES string of the molecule is COc1cc(/C=N/NC(=O)c2cccs2)ccc1OCC(=O)N1CCOCC1. The average molecular weight is 403 g/mol. The second-order valence-electron chi connectivity index (χ2n) is 5.87. The molecule has 28 heavy (non-hydrogen) atoms. The summed E-state index contributed by atoms with van der Waals surface area (Å²) in [6.45, 7) is 2.18. The predicted octanol–water partition coefficient (Wildman–Crippen LogP) is 1.76. The summed E-state index contributed by atoms with van der Waals surface area (Å²) in [7, 11) is 1.52. The first kappa shape index (κ1) is 19.8. The molecule has 2 amide bonds. The minimum Gasteiger partial charge on any atom is -0.493 e. The van der Waals surface area contributed by atoms with Crippen molar-refractivity contribution in [1.29, 1.82) is 0 Å². The van der Waals surface area contributed by atoms with E-state index in [0.717, 1.165) is 5.56 Å². The van der Waals surface area contributed by atoms with E-state index in [0.29, 0.717) is 42.7 Å². The van der Waals surface area contributed by atoms with Crippen LogP contribution in [0.2, 0.25) is 0 Å². The topological polar surface area (TPSA) is 89.5 Å². The zero-order valence-electron chi connectivity index (χ0n) is 15.4. The van der Waals surface area contributed by atoms with E-state index in [2.05, 4.69) is 10.5 Å². The summed E-state index contributed by atoms with van der Waals surface area (Å²) in [6, 6.07) is 8.71. The van der Waals surface area contributed by atoms with Crippen molar-refractivity contribution in [3.05, 3.63) is 46.2 Å². The molecule has 0 bridgehead atoms. The number of morpholine rings is 1. The first-order chi connectivity index (χ1) is 13.7. The van der Waals surface area contributed by atoms with Crippen LogP contribution in [0.3, 0.4) is 0 Å². The van der Waals surface area contributed by atoms with Gasteiger partial charge in [-0.1, -0.05) is 6.07 Å². The Labute approximate surface area is 166 Å². The molecule has 9 heteroatoms. The van der Waals surface area contributed by atoms with E-state index in [1.54, 1.807) is 35.2 Å². The van der Waals surface area contributed by atoms with E-state index < -0.39 is 0 Å². The van der Waals surface area contributed by atoms with Gasteiger partial charge in [-0.2, -0.15) is 5.10 Å². The number of ether oxygens (including phenoxy) is 3. The average Bonchev–Trinajstić information content (AvgIpc) is 3.28. The Kier molecular flexibility index (Phi) is 6.99. The summed E-state index contributed by atoms with van der Waals surface area (Å²) in [6.07, 6.45) is 1.51. The van der Waals surface area contributed by atoms with Crippen LogP contribution in [-0.4, -0.2) is 62.9 Å².